The molecule has 1 aromatic carbocycles. The van der Waals surface area contributed by atoms with Crippen LogP contribution in [0.2, 0.25) is 0 Å². The Kier molecular flexibility index (Phi) is 5.31. The topological polar surface area (TPSA) is 114 Å². The molecule has 4 N–H and O–H groups in total. The first-order valence-corrected chi connectivity index (χ1v) is 7.35. The van der Waals surface area contributed by atoms with Crippen molar-refractivity contribution < 1.29 is 9.59 Å². The number of primary amides is 1. The number of nitrogens with two attached hydrogens (primary N) is 1. The average molecular weight is 317 g/mol. The van der Waals surface area contributed by atoms with E-state index in [1.165, 1.54) is 0 Å². The van der Waals surface area contributed by atoms with Gasteiger partial charge in [-0.05, 0) is 18.6 Å². The summed E-state index contributed by atoms with van der Waals surface area (Å²) in [4.78, 5) is 26.4. The highest BCUT2D eigenvalue weighted by Gasteiger charge is 2.17. The summed E-state index contributed by atoms with van der Waals surface area (Å²) in [6, 6.07) is 8.90. The molecule has 8 heteroatoms. The summed E-state index contributed by atoms with van der Waals surface area (Å²) >= 11 is 1.13. The van der Waals surface area contributed by atoms with Crippen molar-refractivity contribution in [3.8, 4) is 0 Å². The van der Waals surface area contributed by atoms with Crippen LogP contribution >= 0.6 is 11.8 Å². The maximum Gasteiger partial charge on any atom is 0.318 e. The van der Waals surface area contributed by atoms with E-state index in [1.54, 1.807) is 13.0 Å². The maximum atomic E-state index is 11.6. The van der Waals surface area contributed by atoms with Crippen LogP contribution in [0.25, 0.3) is 12.2 Å². The van der Waals surface area contributed by atoms with Crippen molar-refractivity contribution in [2.45, 2.75) is 17.3 Å². The van der Waals surface area contributed by atoms with E-state index < -0.39 is 17.2 Å². The molecule has 3 amide bonds. The van der Waals surface area contributed by atoms with E-state index in [9.17, 15) is 9.59 Å². The van der Waals surface area contributed by atoms with Crippen LogP contribution in [0.4, 0.5) is 4.79 Å². The Hall–Kier alpha value is -2.61. The van der Waals surface area contributed by atoms with Crippen LogP contribution in [0.15, 0.2) is 35.5 Å². The number of aromatic nitrogens is 3. The van der Waals surface area contributed by atoms with Gasteiger partial charge in [0.05, 0.1) is 5.25 Å². The van der Waals surface area contributed by atoms with Crippen LogP contribution in [-0.2, 0) is 4.79 Å². The van der Waals surface area contributed by atoms with Gasteiger partial charge in [0, 0.05) is 0 Å². The molecule has 1 heterocycles. The first-order chi connectivity index (χ1) is 10.5. The number of rotatable bonds is 5. The number of hydrogen-bond acceptors (Lipinski definition) is 5. The van der Waals surface area contributed by atoms with Crippen molar-refractivity contribution in [3.63, 3.8) is 0 Å². The summed E-state index contributed by atoms with van der Waals surface area (Å²) in [7, 11) is 0. The molecule has 0 saturated heterocycles. The molecule has 0 aliphatic carbocycles. The van der Waals surface area contributed by atoms with Gasteiger partial charge in [0.1, 0.15) is 5.82 Å². The highest BCUT2D eigenvalue weighted by Crippen LogP contribution is 2.19. The van der Waals surface area contributed by atoms with E-state index in [-0.39, 0.29) is 0 Å². The van der Waals surface area contributed by atoms with Crippen molar-refractivity contribution >= 4 is 35.9 Å². The predicted octanol–water partition coefficient (Wildman–Crippen LogP) is 1.65. The number of benzene rings is 1. The lowest BCUT2D eigenvalue weighted by atomic mass is 10.2. The third kappa shape index (κ3) is 4.74. The Morgan fingerprint density at radius 2 is 2.05 bits per heavy atom. The van der Waals surface area contributed by atoms with Gasteiger partial charge in [0.25, 0.3) is 0 Å². The van der Waals surface area contributed by atoms with E-state index in [4.69, 9.17) is 5.73 Å². The molecular weight excluding hydrogens is 302 g/mol. The van der Waals surface area contributed by atoms with Gasteiger partial charge in [-0.2, -0.15) is 0 Å². The molecule has 0 saturated carbocycles. The molecule has 1 atom stereocenters. The van der Waals surface area contributed by atoms with Crippen LogP contribution < -0.4 is 11.1 Å². The van der Waals surface area contributed by atoms with Crippen LogP contribution in [0, 0.1) is 0 Å². The molecule has 2 rings (SSSR count). The zero-order valence-corrected chi connectivity index (χ0v) is 12.6. The fraction of sp³-hybridized carbons (Fsp3) is 0.143. The van der Waals surface area contributed by atoms with Crippen molar-refractivity contribution in [2.24, 2.45) is 5.73 Å². The Labute approximate surface area is 131 Å². The minimum absolute atomic E-state index is 0.417. The highest BCUT2D eigenvalue weighted by molar-refractivity contribution is 8.00. The summed E-state index contributed by atoms with van der Waals surface area (Å²) < 4.78 is 0. The minimum Gasteiger partial charge on any atom is -0.351 e. The Bertz CT molecular complexity index is 684. The van der Waals surface area contributed by atoms with E-state index in [0.717, 1.165) is 17.3 Å². The molecule has 7 nitrogen and oxygen atoms in total. The normalized spacial score (nSPS) is 12.2. The number of nitrogens with one attached hydrogen (secondary N) is 2. The Morgan fingerprint density at radius 1 is 1.32 bits per heavy atom. The van der Waals surface area contributed by atoms with Gasteiger partial charge in [-0.15, -0.1) is 5.10 Å². The quantitative estimate of drug-likeness (QED) is 0.726. The number of imide groups is 1. The van der Waals surface area contributed by atoms with Crippen LogP contribution in [0.1, 0.15) is 18.3 Å². The zero-order chi connectivity index (χ0) is 15.9. The first-order valence-electron chi connectivity index (χ1n) is 6.47. The predicted molar refractivity (Wildman–Crippen MR) is 84.8 cm³/mol. The van der Waals surface area contributed by atoms with Gasteiger partial charge in [-0.25, -0.2) is 9.78 Å². The molecule has 0 aliphatic rings. The molecule has 2 aromatic rings. The standard InChI is InChI=1S/C14H15N5O2S/c1-9(12(20)17-13(15)21)22-14-16-11(18-19-14)8-7-10-5-3-2-4-6-10/h2-9H,1H3,(H,16,18,19)(H3,15,17,20,21)/b8-7+. The third-order valence-corrected chi connectivity index (χ3v) is 3.57. The van der Waals surface area contributed by atoms with Crippen molar-refractivity contribution in [3.05, 3.63) is 41.7 Å². The van der Waals surface area contributed by atoms with E-state index in [1.807, 2.05) is 41.7 Å². The average Bonchev–Trinajstić information content (AvgIpc) is 2.93. The van der Waals surface area contributed by atoms with Gasteiger partial charge in [0.15, 0.2) is 0 Å². The molecule has 0 spiro atoms. The number of hydrogen-bond donors (Lipinski definition) is 3. The van der Waals surface area contributed by atoms with Crippen molar-refractivity contribution in [2.75, 3.05) is 0 Å². The van der Waals surface area contributed by atoms with Gasteiger partial charge in [0.2, 0.25) is 11.1 Å². The molecule has 0 radical (unpaired) electrons. The fourth-order valence-corrected chi connectivity index (χ4v) is 2.29. The van der Waals surface area contributed by atoms with Gasteiger partial charge < -0.3 is 5.73 Å². The molecule has 0 bridgehead atoms. The number of nitrogens with zero attached hydrogens (tertiary/aromatic N) is 2. The second-order valence-corrected chi connectivity index (χ2v) is 5.67. The molecule has 114 valence electrons. The lowest BCUT2D eigenvalue weighted by Gasteiger charge is -2.06. The number of amides is 3. The first kappa shape index (κ1) is 15.8. The summed E-state index contributed by atoms with van der Waals surface area (Å²) in [6.45, 7) is 1.64. The molecule has 22 heavy (non-hydrogen) atoms. The monoisotopic (exact) mass is 317 g/mol. The Morgan fingerprint density at radius 3 is 2.73 bits per heavy atom. The van der Waals surface area contributed by atoms with Gasteiger partial charge >= 0.3 is 6.03 Å². The second kappa shape index (κ2) is 7.41. The summed E-state index contributed by atoms with van der Waals surface area (Å²) in [5.41, 5.74) is 5.94. The van der Waals surface area contributed by atoms with Gasteiger partial charge in [-0.3, -0.25) is 15.2 Å². The SMILES string of the molecule is CC(Sc1n[nH]c(/C=C/c2ccccc2)n1)C(=O)NC(N)=O. The van der Waals surface area contributed by atoms with Crippen LogP contribution in [0.5, 0.6) is 0 Å². The molecular formula is C14H15N5O2S. The molecule has 1 aromatic heterocycles. The number of thioether (sulfide) groups is 1. The summed E-state index contributed by atoms with van der Waals surface area (Å²) in [5.74, 6) is 0.0949. The van der Waals surface area contributed by atoms with Gasteiger partial charge in [-0.1, -0.05) is 48.2 Å². The number of aromatic amines is 1. The Balaban J connectivity index is 1.95. The van der Waals surface area contributed by atoms with Crippen molar-refractivity contribution in [1.82, 2.24) is 20.5 Å². The fourth-order valence-electron chi connectivity index (χ4n) is 1.56. The maximum absolute atomic E-state index is 11.6. The smallest absolute Gasteiger partial charge is 0.318 e. The summed E-state index contributed by atoms with van der Waals surface area (Å²) in [5, 5.41) is 8.68. The van der Waals surface area contributed by atoms with E-state index in [2.05, 4.69) is 15.2 Å². The second-order valence-electron chi connectivity index (χ2n) is 4.36. The molecule has 0 fully saturated rings. The van der Waals surface area contributed by atoms with E-state index >= 15 is 0 Å². The number of carbonyl (C=O) groups is 2. The lowest BCUT2D eigenvalue weighted by Crippen LogP contribution is -2.39. The molecule has 0 aliphatic heterocycles. The van der Waals surface area contributed by atoms with Crippen LogP contribution in [-0.4, -0.2) is 32.4 Å². The van der Waals surface area contributed by atoms with Crippen molar-refractivity contribution in [1.29, 1.82) is 0 Å². The highest BCUT2D eigenvalue weighted by atomic mass is 32.2. The largest absolute Gasteiger partial charge is 0.351 e. The number of urea groups is 1. The van der Waals surface area contributed by atoms with Crippen LogP contribution in [0.3, 0.4) is 0 Å². The number of carbonyl (C=O) groups excluding carboxylic acids is 2. The summed E-state index contributed by atoms with van der Waals surface area (Å²) in [6.07, 6.45) is 3.69. The number of H-pyrrole nitrogens is 1. The minimum atomic E-state index is -0.876. The lowest BCUT2D eigenvalue weighted by molar-refractivity contribution is -0.119. The molecule has 1 unspecified atom stereocenters. The van der Waals surface area contributed by atoms with E-state index in [0.29, 0.717) is 11.0 Å². The third-order valence-electron chi connectivity index (χ3n) is 2.61. The zero-order valence-electron chi connectivity index (χ0n) is 11.8.